The standard InChI is InChI=1S/C58H76N2O8/c1-5-9-42-15-23-57-48(27-42)30-49-28-43(10-6-2)16-24-58(49)68-40-54(36-64)60(53(35-63)39-67-57)50-19-13-41(14-20-50)25-26-59-51(33-61)37-65-55-21-17-44(11-7-3)46(31-55)29-47-32-56(66-38-52(59)34-62)22-18-45(47)12-8-4/h13-24,27-28,31-32,51-54,61-64H,5-12,25-26,29-30,33-40H2,1-4H3. The van der Waals surface area contributed by atoms with Crippen molar-refractivity contribution in [3.05, 3.63) is 147 Å². The molecule has 5 aromatic carbocycles. The smallest absolute Gasteiger partial charge is 0.122 e. The molecule has 0 saturated carbocycles. The third-order valence-electron chi connectivity index (χ3n) is 13.7. The van der Waals surface area contributed by atoms with Crippen molar-refractivity contribution in [3.63, 3.8) is 0 Å². The second-order valence-corrected chi connectivity index (χ2v) is 18.7. The van der Waals surface area contributed by atoms with E-state index in [0.29, 0.717) is 19.4 Å². The lowest BCUT2D eigenvalue weighted by atomic mass is 9.92. The Bertz CT molecular complexity index is 2200. The quantitative estimate of drug-likeness (QED) is 0.0765. The van der Waals surface area contributed by atoms with E-state index in [2.05, 4.69) is 105 Å². The van der Waals surface area contributed by atoms with Gasteiger partial charge in [-0.15, -0.1) is 0 Å². The lowest BCUT2D eigenvalue weighted by molar-refractivity contribution is 0.0109. The summed E-state index contributed by atoms with van der Waals surface area (Å²) in [7, 11) is 0. The molecule has 2 aliphatic heterocycles. The maximum atomic E-state index is 11.0. The van der Waals surface area contributed by atoms with Crippen LogP contribution in [0.15, 0.2) is 97.1 Å². The molecule has 4 bridgehead atoms. The lowest BCUT2D eigenvalue weighted by Gasteiger charge is -2.39. The fourth-order valence-corrected chi connectivity index (χ4v) is 10.0. The monoisotopic (exact) mass is 929 g/mol. The summed E-state index contributed by atoms with van der Waals surface area (Å²) in [4.78, 5) is 4.17. The molecule has 0 aromatic heterocycles. The highest BCUT2D eigenvalue weighted by Crippen LogP contribution is 2.33. The summed E-state index contributed by atoms with van der Waals surface area (Å²) in [6, 6.07) is 32.0. The largest absolute Gasteiger partial charge is 0.492 e. The maximum absolute atomic E-state index is 11.0. The van der Waals surface area contributed by atoms with Crippen LogP contribution in [0.25, 0.3) is 0 Å². The minimum atomic E-state index is -0.486. The van der Waals surface area contributed by atoms with Gasteiger partial charge in [-0.3, -0.25) is 4.90 Å². The minimum absolute atomic E-state index is 0.162. The molecule has 0 fully saturated rings. The Morgan fingerprint density at radius 2 is 0.853 bits per heavy atom. The van der Waals surface area contributed by atoms with Gasteiger partial charge < -0.3 is 44.3 Å². The summed E-state index contributed by atoms with van der Waals surface area (Å²) in [6.45, 7) is 9.48. The first-order valence-electron chi connectivity index (χ1n) is 25.4. The highest BCUT2D eigenvalue weighted by molar-refractivity contribution is 5.51. The average Bonchev–Trinajstić information content (AvgIpc) is 3.35. The second-order valence-electron chi connectivity index (χ2n) is 18.7. The van der Waals surface area contributed by atoms with Gasteiger partial charge in [-0.1, -0.05) is 102 Å². The number of nitrogens with zero attached hydrogens (tertiary/aromatic N) is 2. The number of hydrogen-bond donors (Lipinski definition) is 4. The van der Waals surface area contributed by atoms with Crippen LogP contribution >= 0.6 is 0 Å². The van der Waals surface area contributed by atoms with Gasteiger partial charge in [-0.2, -0.15) is 0 Å². The Morgan fingerprint density at radius 1 is 0.426 bits per heavy atom. The highest BCUT2D eigenvalue weighted by Gasteiger charge is 2.31. The Balaban J connectivity index is 1.14. The topological polar surface area (TPSA) is 124 Å². The number of ether oxygens (including phenoxy) is 4. The van der Waals surface area contributed by atoms with Crippen LogP contribution in [0.4, 0.5) is 5.69 Å². The van der Waals surface area contributed by atoms with Gasteiger partial charge in [-0.25, -0.2) is 0 Å². The summed E-state index contributed by atoms with van der Waals surface area (Å²) in [5, 5.41) is 43.8. The molecule has 0 amide bonds. The van der Waals surface area contributed by atoms with Crippen molar-refractivity contribution in [1.29, 1.82) is 0 Å². The highest BCUT2D eigenvalue weighted by atomic mass is 16.5. The number of aliphatic hydroxyl groups is 4. The number of rotatable bonds is 16. The zero-order valence-corrected chi connectivity index (χ0v) is 41.0. The molecule has 68 heavy (non-hydrogen) atoms. The summed E-state index contributed by atoms with van der Waals surface area (Å²) < 4.78 is 26.2. The van der Waals surface area contributed by atoms with E-state index in [1.165, 1.54) is 33.4 Å². The first-order chi connectivity index (χ1) is 33.3. The van der Waals surface area contributed by atoms with Crippen molar-refractivity contribution >= 4 is 5.69 Å². The number of aryl methyl sites for hydroxylation is 4. The van der Waals surface area contributed by atoms with Crippen LogP contribution in [0.3, 0.4) is 0 Å². The van der Waals surface area contributed by atoms with Gasteiger partial charge in [0.05, 0.1) is 50.6 Å². The number of benzene rings is 5. The molecule has 10 heteroatoms. The lowest BCUT2D eigenvalue weighted by Crippen LogP contribution is -2.52. The van der Waals surface area contributed by atoms with Gasteiger partial charge in [0.25, 0.3) is 0 Å². The minimum Gasteiger partial charge on any atom is -0.492 e. The van der Waals surface area contributed by atoms with E-state index in [1.54, 1.807) is 0 Å². The molecule has 2 heterocycles. The predicted molar refractivity (Wildman–Crippen MR) is 272 cm³/mol. The average molecular weight is 929 g/mol. The fourth-order valence-electron chi connectivity index (χ4n) is 10.0. The summed E-state index contributed by atoms with van der Waals surface area (Å²) in [5.74, 6) is 3.10. The van der Waals surface area contributed by atoms with E-state index in [-0.39, 0.29) is 52.9 Å². The van der Waals surface area contributed by atoms with E-state index in [1.807, 2.05) is 29.2 Å². The third kappa shape index (κ3) is 12.9. The normalized spacial score (nSPS) is 19.1. The molecule has 4 atom stereocenters. The first-order valence-corrected chi connectivity index (χ1v) is 25.4. The molecular weight excluding hydrogens is 853 g/mol. The van der Waals surface area contributed by atoms with Crippen LogP contribution in [-0.4, -0.2) is 109 Å². The summed E-state index contributed by atoms with van der Waals surface area (Å²) in [5.41, 5.74) is 11.7. The fraction of sp³-hybridized carbons (Fsp3) is 0.483. The van der Waals surface area contributed by atoms with Gasteiger partial charge in [0, 0.05) is 18.7 Å². The SMILES string of the molecule is CCCc1ccc2c(c1)Cc1cc(CCC)ccc1OCC(CO)N(c1ccc(CCN3C(CO)COc4ccc(CCC)c(c4)Cc4cc(ccc4CCC)OCC3CO)cc1)C(CO)CO2. The molecule has 0 saturated heterocycles. The zero-order valence-electron chi connectivity index (χ0n) is 41.0. The van der Waals surface area contributed by atoms with Crippen molar-refractivity contribution in [3.8, 4) is 23.0 Å². The Kier molecular flexibility index (Phi) is 19.0. The second kappa shape index (κ2) is 25.5. The van der Waals surface area contributed by atoms with Crippen molar-refractivity contribution in [2.24, 2.45) is 0 Å². The molecule has 0 aliphatic carbocycles. The van der Waals surface area contributed by atoms with Crippen LogP contribution in [-0.2, 0) is 44.9 Å². The van der Waals surface area contributed by atoms with Crippen molar-refractivity contribution in [2.45, 2.75) is 122 Å². The molecule has 10 nitrogen and oxygen atoms in total. The zero-order chi connectivity index (χ0) is 47.8. The Hall–Kier alpha value is -5.10. The van der Waals surface area contributed by atoms with Gasteiger partial charge in [0.2, 0.25) is 0 Å². The number of aliphatic hydroxyl groups excluding tert-OH is 4. The number of fused-ring (bicyclic) bond motifs is 6. The van der Waals surface area contributed by atoms with Crippen LogP contribution in [0.1, 0.15) is 103 Å². The van der Waals surface area contributed by atoms with Crippen LogP contribution in [0, 0.1) is 0 Å². The molecule has 0 spiro atoms. The van der Waals surface area contributed by atoms with Crippen LogP contribution < -0.4 is 23.8 Å². The molecule has 4 unspecified atom stereocenters. The third-order valence-corrected chi connectivity index (χ3v) is 13.7. The summed E-state index contributed by atoms with van der Waals surface area (Å²) >= 11 is 0. The molecule has 4 N–H and O–H groups in total. The molecule has 366 valence electrons. The van der Waals surface area contributed by atoms with Crippen molar-refractivity contribution in [1.82, 2.24) is 4.90 Å². The number of anilines is 1. The van der Waals surface area contributed by atoms with Gasteiger partial charge in [0.1, 0.15) is 49.4 Å². The van der Waals surface area contributed by atoms with E-state index in [4.69, 9.17) is 18.9 Å². The van der Waals surface area contributed by atoms with E-state index in [0.717, 1.165) is 103 Å². The van der Waals surface area contributed by atoms with Crippen LogP contribution in [0.2, 0.25) is 0 Å². The van der Waals surface area contributed by atoms with E-state index in [9.17, 15) is 20.4 Å². The molecule has 7 rings (SSSR count). The Labute approximate surface area is 405 Å². The first kappa shape index (κ1) is 50.8. The summed E-state index contributed by atoms with van der Waals surface area (Å²) in [6.07, 6.45) is 10.1. The van der Waals surface area contributed by atoms with Crippen LogP contribution in [0.5, 0.6) is 23.0 Å². The van der Waals surface area contributed by atoms with Crippen molar-refractivity contribution < 1.29 is 39.4 Å². The van der Waals surface area contributed by atoms with E-state index >= 15 is 0 Å². The van der Waals surface area contributed by atoms with Gasteiger partial charge in [-0.05, 0) is 137 Å². The molecular formula is C58H76N2O8. The molecule has 0 radical (unpaired) electrons. The molecule has 2 aliphatic rings. The number of hydrogen-bond acceptors (Lipinski definition) is 10. The molecule has 5 aromatic rings. The van der Waals surface area contributed by atoms with Gasteiger partial charge >= 0.3 is 0 Å². The maximum Gasteiger partial charge on any atom is 0.122 e. The van der Waals surface area contributed by atoms with E-state index < -0.39 is 24.2 Å². The predicted octanol–water partition coefficient (Wildman–Crippen LogP) is 8.72. The Morgan fingerprint density at radius 3 is 1.29 bits per heavy atom. The van der Waals surface area contributed by atoms with Gasteiger partial charge in [0.15, 0.2) is 0 Å². The van der Waals surface area contributed by atoms with Crippen molar-refractivity contribution in [2.75, 3.05) is 64.3 Å².